The Balaban J connectivity index is 3.16. The summed E-state index contributed by atoms with van der Waals surface area (Å²) in [5, 5.41) is 1.59. The third-order valence-electron chi connectivity index (χ3n) is 3.23. The molecule has 0 heterocycles. The van der Waals surface area contributed by atoms with Crippen LogP contribution >= 0.6 is 0 Å². The molecule has 0 radical (unpaired) electrons. The molecule has 0 saturated heterocycles. The van der Waals surface area contributed by atoms with Crippen LogP contribution in [0.1, 0.15) is 34.6 Å². The molecular weight excluding hydrogens is 212 g/mol. The molecule has 1 unspecified atom stereocenters. The van der Waals surface area contributed by atoms with Crippen molar-refractivity contribution < 1.29 is 4.43 Å². The van der Waals surface area contributed by atoms with Crippen LogP contribution in [0.3, 0.4) is 0 Å². The molecule has 0 saturated carbocycles. The van der Waals surface area contributed by atoms with E-state index in [0.717, 1.165) is 0 Å². The first kappa shape index (κ1) is 13.5. The zero-order valence-corrected chi connectivity index (χ0v) is 12.4. The van der Waals surface area contributed by atoms with Gasteiger partial charge in [-0.2, -0.15) is 0 Å². The molecule has 0 aliphatic carbocycles. The average molecular weight is 236 g/mol. The van der Waals surface area contributed by atoms with Crippen molar-refractivity contribution >= 4 is 13.5 Å². The van der Waals surface area contributed by atoms with Gasteiger partial charge in [-0.3, -0.25) is 0 Å². The predicted molar refractivity (Wildman–Crippen MR) is 73.6 cm³/mol. The lowest BCUT2D eigenvalue weighted by molar-refractivity contribution is 0.222. The van der Waals surface area contributed by atoms with Gasteiger partial charge in [-0.15, -0.1) is 0 Å². The van der Waals surface area contributed by atoms with Crippen molar-refractivity contribution in [2.75, 3.05) is 0 Å². The molecule has 1 rings (SSSR count). The first-order valence-corrected chi connectivity index (χ1v) is 8.41. The third kappa shape index (κ3) is 2.74. The van der Waals surface area contributed by atoms with E-state index in [1.54, 1.807) is 0 Å². The van der Waals surface area contributed by atoms with E-state index in [-0.39, 0.29) is 11.1 Å². The van der Waals surface area contributed by atoms with Crippen LogP contribution in [-0.2, 0) is 4.43 Å². The van der Waals surface area contributed by atoms with Crippen LogP contribution in [0.25, 0.3) is 0 Å². The Kier molecular flexibility index (Phi) is 3.97. The second-order valence-electron chi connectivity index (χ2n) is 5.82. The van der Waals surface area contributed by atoms with Crippen LogP contribution in [0.5, 0.6) is 0 Å². The van der Waals surface area contributed by atoms with E-state index in [2.05, 4.69) is 71.5 Å². The molecular formula is C14H24OSi. The van der Waals surface area contributed by atoms with Gasteiger partial charge in [0.2, 0.25) is 8.32 Å². The summed E-state index contributed by atoms with van der Waals surface area (Å²) >= 11 is 0. The molecule has 90 valence electrons. The van der Waals surface area contributed by atoms with Gasteiger partial charge in [0.25, 0.3) is 0 Å². The Morgan fingerprint density at radius 1 is 1.06 bits per heavy atom. The van der Waals surface area contributed by atoms with Gasteiger partial charge in [0.05, 0.1) is 0 Å². The van der Waals surface area contributed by atoms with Gasteiger partial charge in [0, 0.05) is 6.10 Å². The first-order valence-electron chi connectivity index (χ1n) is 6.01. The molecule has 1 aromatic rings. The van der Waals surface area contributed by atoms with Crippen LogP contribution in [0, 0.1) is 0 Å². The van der Waals surface area contributed by atoms with E-state index in [4.69, 9.17) is 4.43 Å². The van der Waals surface area contributed by atoms with Crippen molar-refractivity contribution in [1.29, 1.82) is 0 Å². The van der Waals surface area contributed by atoms with Gasteiger partial charge in [-0.05, 0) is 30.6 Å². The molecule has 0 spiro atoms. The van der Waals surface area contributed by atoms with Crippen LogP contribution in [0.2, 0.25) is 11.6 Å². The molecule has 0 bridgehead atoms. The van der Waals surface area contributed by atoms with Crippen molar-refractivity contribution in [1.82, 2.24) is 0 Å². The maximum absolute atomic E-state index is 6.33. The summed E-state index contributed by atoms with van der Waals surface area (Å²) < 4.78 is 6.33. The molecule has 1 nitrogen and oxygen atoms in total. The second-order valence-corrected chi connectivity index (χ2v) is 10.2. The fraction of sp³-hybridized carbons (Fsp3) is 0.571. The fourth-order valence-electron chi connectivity index (χ4n) is 1.91. The van der Waals surface area contributed by atoms with E-state index in [1.807, 2.05) is 0 Å². The summed E-state index contributed by atoms with van der Waals surface area (Å²) in [7, 11) is -1.89. The topological polar surface area (TPSA) is 9.23 Å². The van der Waals surface area contributed by atoms with Gasteiger partial charge in [0.1, 0.15) is 0 Å². The Bertz CT molecular complexity index is 326. The Hall–Kier alpha value is -0.603. The monoisotopic (exact) mass is 236 g/mol. The van der Waals surface area contributed by atoms with Crippen LogP contribution in [0.15, 0.2) is 30.3 Å². The Morgan fingerprint density at radius 2 is 1.56 bits per heavy atom. The number of benzene rings is 1. The lowest BCUT2D eigenvalue weighted by Gasteiger charge is -2.41. The first-order chi connectivity index (χ1) is 7.27. The van der Waals surface area contributed by atoms with Crippen molar-refractivity contribution in [3.8, 4) is 0 Å². The summed E-state index contributed by atoms with van der Waals surface area (Å²) in [5.74, 6) is 0. The summed E-state index contributed by atoms with van der Waals surface area (Å²) in [6, 6.07) is 10.7. The van der Waals surface area contributed by atoms with Gasteiger partial charge >= 0.3 is 0 Å². The third-order valence-corrected chi connectivity index (χ3v) is 8.47. The highest BCUT2D eigenvalue weighted by atomic mass is 28.4. The largest absolute Gasteiger partial charge is 0.410 e. The van der Waals surface area contributed by atoms with E-state index in [9.17, 15) is 0 Å². The van der Waals surface area contributed by atoms with Gasteiger partial charge in [0.15, 0.2) is 0 Å². The smallest absolute Gasteiger partial charge is 0.226 e. The molecule has 1 aromatic carbocycles. The molecule has 1 atom stereocenters. The second kappa shape index (κ2) is 4.72. The maximum atomic E-state index is 6.33. The zero-order chi connectivity index (χ0) is 12.4. The Labute approximate surface area is 101 Å². The van der Waals surface area contributed by atoms with Gasteiger partial charge in [-0.25, -0.2) is 0 Å². The van der Waals surface area contributed by atoms with Crippen molar-refractivity contribution in [3.63, 3.8) is 0 Å². The summed E-state index contributed by atoms with van der Waals surface area (Å²) in [6.07, 6.45) is 0.288. The number of hydrogen-bond acceptors (Lipinski definition) is 1. The van der Waals surface area contributed by atoms with E-state index < -0.39 is 8.32 Å². The SMILES string of the molecule is CC(C)O[Si](C)(c1ccccc1)C(C)(C)C. The highest BCUT2D eigenvalue weighted by Gasteiger charge is 2.44. The summed E-state index contributed by atoms with van der Waals surface area (Å²) in [4.78, 5) is 0. The van der Waals surface area contributed by atoms with Crippen LogP contribution < -0.4 is 5.19 Å². The molecule has 0 fully saturated rings. The lowest BCUT2D eigenvalue weighted by Crippen LogP contribution is -2.56. The minimum Gasteiger partial charge on any atom is -0.410 e. The average Bonchev–Trinajstić information content (AvgIpc) is 2.16. The van der Waals surface area contributed by atoms with Crippen molar-refractivity contribution in [2.24, 2.45) is 0 Å². The predicted octanol–water partition coefficient (Wildman–Crippen LogP) is 3.69. The van der Waals surface area contributed by atoms with Gasteiger partial charge < -0.3 is 4.43 Å². The highest BCUT2D eigenvalue weighted by Crippen LogP contribution is 2.37. The highest BCUT2D eigenvalue weighted by molar-refractivity contribution is 6.87. The quantitative estimate of drug-likeness (QED) is 0.727. The summed E-state index contributed by atoms with van der Waals surface area (Å²) in [6.45, 7) is 13.4. The summed E-state index contributed by atoms with van der Waals surface area (Å²) in [5.41, 5.74) is 0. The normalized spacial score (nSPS) is 16.2. The number of rotatable bonds is 3. The van der Waals surface area contributed by atoms with E-state index in [0.29, 0.717) is 0 Å². The number of hydrogen-bond donors (Lipinski definition) is 0. The minimum absolute atomic E-state index is 0.207. The van der Waals surface area contributed by atoms with Gasteiger partial charge in [-0.1, -0.05) is 51.1 Å². The lowest BCUT2D eigenvalue weighted by atomic mass is 10.2. The van der Waals surface area contributed by atoms with E-state index >= 15 is 0 Å². The van der Waals surface area contributed by atoms with Crippen molar-refractivity contribution in [3.05, 3.63) is 30.3 Å². The molecule has 2 heteroatoms. The van der Waals surface area contributed by atoms with Crippen LogP contribution in [-0.4, -0.2) is 14.4 Å². The molecule has 0 aliphatic heterocycles. The Morgan fingerprint density at radius 3 is 1.94 bits per heavy atom. The molecule has 0 aromatic heterocycles. The van der Waals surface area contributed by atoms with E-state index in [1.165, 1.54) is 5.19 Å². The minimum atomic E-state index is -1.89. The zero-order valence-electron chi connectivity index (χ0n) is 11.4. The fourth-order valence-corrected chi connectivity index (χ4v) is 5.03. The maximum Gasteiger partial charge on any atom is 0.226 e. The standard InChI is InChI=1S/C14H24OSi/c1-12(2)15-16(6,14(3,4)5)13-10-8-7-9-11-13/h7-12H,1-6H3. The molecule has 0 aliphatic rings. The van der Waals surface area contributed by atoms with Crippen molar-refractivity contribution in [2.45, 2.75) is 52.3 Å². The molecule has 16 heavy (non-hydrogen) atoms. The molecule has 0 N–H and O–H groups in total. The molecule has 0 amide bonds. The van der Waals surface area contributed by atoms with Crippen LogP contribution in [0.4, 0.5) is 0 Å².